The van der Waals surface area contributed by atoms with Crippen LogP contribution in [0.3, 0.4) is 0 Å². The van der Waals surface area contributed by atoms with Crippen molar-refractivity contribution in [3.63, 3.8) is 0 Å². The summed E-state index contributed by atoms with van der Waals surface area (Å²) in [5.41, 5.74) is 1.85. The zero-order valence-corrected chi connectivity index (χ0v) is 15.7. The SMILES string of the molecule is CN(C)[C@@H](CNC(=O)Nc1cccc(Cn2cccn2)c1)c1cccs1. The smallest absolute Gasteiger partial charge is 0.319 e. The van der Waals surface area contributed by atoms with Gasteiger partial charge in [0, 0.05) is 29.5 Å². The fraction of sp³-hybridized carbons (Fsp3) is 0.263. The minimum atomic E-state index is -0.204. The Labute approximate surface area is 157 Å². The van der Waals surface area contributed by atoms with Gasteiger partial charge in [0.1, 0.15) is 0 Å². The molecule has 136 valence electrons. The number of urea groups is 1. The zero-order chi connectivity index (χ0) is 18.4. The number of anilines is 1. The van der Waals surface area contributed by atoms with E-state index in [2.05, 4.69) is 32.1 Å². The summed E-state index contributed by atoms with van der Waals surface area (Å²) in [5, 5.41) is 12.1. The molecule has 0 bridgehead atoms. The maximum Gasteiger partial charge on any atom is 0.319 e. The topological polar surface area (TPSA) is 62.2 Å². The Morgan fingerprint density at radius 3 is 2.85 bits per heavy atom. The lowest BCUT2D eigenvalue weighted by molar-refractivity contribution is 0.244. The van der Waals surface area contributed by atoms with Crippen LogP contribution in [0.25, 0.3) is 0 Å². The summed E-state index contributed by atoms with van der Waals surface area (Å²) in [5.74, 6) is 0. The van der Waals surface area contributed by atoms with E-state index in [1.54, 1.807) is 17.5 Å². The monoisotopic (exact) mass is 369 g/mol. The Morgan fingerprint density at radius 1 is 1.27 bits per heavy atom. The summed E-state index contributed by atoms with van der Waals surface area (Å²) in [6.45, 7) is 1.22. The normalized spacial score (nSPS) is 12.1. The number of amides is 2. The molecule has 1 aromatic carbocycles. The van der Waals surface area contributed by atoms with E-state index >= 15 is 0 Å². The minimum Gasteiger partial charge on any atom is -0.336 e. The molecule has 0 saturated heterocycles. The summed E-state index contributed by atoms with van der Waals surface area (Å²) in [7, 11) is 4.03. The number of aromatic nitrogens is 2. The van der Waals surface area contributed by atoms with Crippen LogP contribution in [0.2, 0.25) is 0 Å². The Bertz CT molecular complexity index is 814. The number of nitrogens with one attached hydrogen (secondary N) is 2. The Morgan fingerprint density at radius 2 is 2.15 bits per heavy atom. The summed E-state index contributed by atoms with van der Waals surface area (Å²) in [4.78, 5) is 15.6. The average Bonchev–Trinajstić information content (AvgIpc) is 3.29. The van der Waals surface area contributed by atoms with E-state index < -0.39 is 0 Å². The van der Waals surface area contributed by atoms with E-state index in [-0.39, 0.29) is 12.1 Å². The van der Waals surface area contributed by atoms with Crippen molar-refractivity contribution < 1.29 is 4.79 Å². The molecule has 6 nitrogen and oxygen atoms in total. The molecular weight excluding hydrogens is 346 g/mol. The van der Waals surface area contributed by atoms with Crippen molar-refractivity contribution in [1.29, 1.82) is 0 Å². The van der Waals surface area contributed by atoms with Gasteiger partial charge in [-0.15, -0.1) is 11.3 Å². The Hall–Kier alpha value is -2.64. The molecule has 3 aromatic rings. The highest BCUT2D eigenvalue weighted by Gasteiger charge is 2.16. The molecule has 0 aliphatic carbocycles. The van der Waals surface area contributed by atoms with Crippen molar-refractivity contribution in [2.45, 2.75) is 12.6 Å². The number of carbonyl (C=O) groups is 1. The first-order chi connectivity index (χ1) is 12.6. The number of rotatable bonds is 7. The quantitative estimate of drug-likeness (QED) is 0.671. The van der Waals surface area contributed by atoms with Gasteiger partial charge in [0.2, 0.25) is 0 Å². The third-order valence-electron chi connectivity index (χ3n) is 4.04. The number of benzene rings is 1. The molecule has 0 fully saturated rings. The number of hydrogen-bond acceptors (Lipinski definition) is 4. The van der Waals surface area contributed by atoms with Gasteiger partial charge in [-0.3, -0.25) is 4.68 Å². The van der Waals surface area contributed by atoms with E-state index in [1.807, 2.05) is 61.4 Å². The molecule has 2 aromatic heterocycles. The summed E-state index contributed by atoms with van der Waals surface area (Å²) < 4.78 is 1.85. The first-order valence-electron chi connectivity index (χ1n) is 8.43. The first-order valence-corrected chi connectivity index (χ1v) is 9.31. The van der Waals surface area contributed by atoms with Crippen molar-refractivity contribution in [2.24, 2.45) is 0 Å². The molecule has 7 heteroatoms. The zero-order valence-electron chi connectivity index (χ0n) is 14.9. The Balaban J connectivity index is 1.56. The summed E-state index contributed by atoms with van der Waals surface area (Å²) >= 11 is 1.70. The van der Waals surface area contributed by atoms with Crippen LogP contribution < -0.4 is 10.6 Å². The Kier molecular flexibility index (Phi) is 6.04. The van der Waals surface area contributed by atoms with Gasteiger partial charge in [0.05, 0.1) is 12.6 Å². The van der Waals surface area contributed by atoms with Crippen LogP contribution in [-0.4, -0.2) is 41.4 Å². The molecule has 0 saturated carbocycles. The molecular formula is C19H23N5OS. The van der Waals surface area contributed by atoms with Crippen LogP contribution in [0.1, 0.15) is 16.5 Å². The number of likely N-dealkylation sites (N-methyl/N-ethyl adjacent to an activating group) is 1. The predicted octanol–water partition coefficient (Wildman–Crippen LogP) is 3.42. The third kappa shape index (κ3) is 4.93. The molecule has 0 aliphatic heterocycles. The van der Waals surface area contributed by atoms with Crippen LogP contribution in [0.4, 0.5) is 10.5 Å². The van der Waals surface area contributed by atoms with E-state index in [0.29, 0.717) is 13.1 Å². The first kappa shape index (κ1) is 18.2. The number of thiophene rings is 1. The molecule has 2 heterocycles. The lowest BCUT2D eigenvalue weighted by Gasteiger charge is -2.23. The largest absolute Gasteiger partial charge is 0.336 e. The molecule has 0 radical (unpaired) electrons. The van der Waals surface area contributed by atoms with Gasteiger partial charge in [-0.05, 0) is 49.3 Å². The van der Waals surface area contributed by atoms with Crippen LogP contribution in [0.5, 0.6) is 0 Å². The molecule has 26 heavy (non-hydrogen) atoms. The van der Waals surface area contributed by atoms with Crippen LogP contribution in [-0.2, 0) is 6.54 Å². The third-order valence-corrected chi connectivity index (χ3v) is 5.01. The molecule has 1 atom stereocenters. The van der Waals surface area contributed by atoms with Gasteiger partial charge in [-0.2, -0.15) is 5.10 Å². The lowest BCUT2D eigenvalue weighted by Crippen LogP contribution is -2.36. The van der Waals surface area contributed by atoms with Gasteiger partial charge >= 0.3 is 6.03 Å². The van der Waals surface area contributed by atoms with Crippen molar-refractivity contribution in [1.82, 2.24) is 20.0 Å². The molecule has 0 spiro atoms. The number of carbonyl (C=O) groups excluding carboxylic acids is 1. The highest BCUT2D eigenvalue weighted by molar-refractivity contribution is 7.10. The van der Waals surface area contributed by atoms with Crippen molar-refractivity contribution >= 4 is 23.1 Å². The molecule has 2 amide bonds. The molecule has 0 aliphatic rings. The summed E-state index contributed by atoms with van der Waals surface area (Å²) in [6.07, 6.45) is 3.67. The van der Waals surface area contributed by atoms with Gasteiger partial charge in [0.25, 0.3) is 0 Å². The van der Waals surface area contributed by atoms with Crippen LogP contribution >= 0.6 is 11.3 Å². The van der Waals surface area contributed by atoms with Gasteiger partial charge in [-0.25, -0.2) is 4.79 Å². The average molecular weight is 369 g/mol. The molecule has 0 unspecified atom stereocenters. The van der Waals surface area contributed by atoms with Gasteiger partial charge in [-0.1, -0.05) is 18.2 Å². The standard InChI is InChI=1S/C19H23N5OS/c1-23(2)17(18-8-4-11-26-18)13-20-19(25)22-16-7-3-6-15(12-16)14-24-10-5-9-21-24/h3-12,17H,13-14H2,1-2H3,(H2,20,22,25)/t17-/m0/s1. The van der Waals surface area contributed by atoms with Crippen molar-refractivity contribution in [2.75, 3.05) is 26.0 Å². The molecule has 2 N–H and O–H groups in total. The van der Waals surface area contributed by atoms with E-state index in [0.717, 1.165) is 11.3 Å². The predicted molar refractivity (Wildman–Crippen MR) is 106 cm³/mol. The van der Waals surface area contributed by atoms with Gasteiger partial charge < -0.3 is 15.5 Å². The highest BCUT2D eigenvalue weighted by atomic mass is 32.1. The highest BCUT2D eigenvalue weighted by Crippen LogP contribution is 2.22. The van der Waals surface area contributed by atoms with Crippen molar-refractivity contribution in [3.05, 3.63) is 70.7 Å². The van der Waals surface area contributed by atoms with E-state index in [9.17, 15) is 4.79 Å². The maximum absolute atomic E-state index is 12.3. The van der Waals surface area contributed by atoms with E-state index in [4.69, 9.17) is 0 Å². The fourth-order valence-corrected chi connectivity index (χ4v) is 3.63. The second kappa shape index (κ2) is 8.64. The van der Waals surface area contributed by atoms with Crippen LogP contribution in [0, 0.1) is 0 Å². The number of hydrogen-bond donors (Lipinski definition) is 2. The van der Waals surface area contributed by atoms with E-state index in [1.165, 1.54) is 4.88 Å². The molecule has 3 rings (SSSR count). The summed E-state index contributed by atoms with van der Waals surface area (Å²) in [6, 6.07) is 13.8. The number of nitrogens with zero attached hydrogens (tertiary/aromatic N) is 3. The minimum absolute atomic E-state index is 0.159. The van der Waals surface area contributed by atoms with Crippen molar-refractivity contribution in [3.8, 4) is 0 Å². The second-order valence-corrected chi connectivity index (χ2v) is 7.21. The second-order valence-electron chi connectivity index (χ2n) is 6.23. The van der Waals surface area contributed by atoms with Crippen LogP contribution in [0.15, 0.2) is 60.2 Å². The fourth-order valence-electron chi connectivity index (χ4n) is 2.71. The maximum atomic E-state index is 12.3. The van der Waals surface area contributed by atoms with Gasteiger partial charge in [0.15, 0.2) is 0 Å². The lowest BCUT2D eigenvalue weighted by atomic mass is 10.2.